The number of rotatable bonds is 49. The number of carboxylic acids is 2. The molecule has 0 aliphatic heterocycles. The smallest absolute Gasteiger partial charge is 0.306 e. The molecule has 0 aromatic heterocycles. The van der Waals surface area contributed by atoms with Crippen LogP contribution in [0.3, 0.4) is 0 Å². The minimum atomic E-state index is -1.07. The normalized spacial score (nSPS) is 11.7. The second kappa shape index (κ2) is 43.9. The molecule has 0 aliphatic carbocycles. The molecule has 0 unspecified atom stereocenters. The molecular weight excluding hydrogens is 821 g/mol. The first-order chi connectivity index (χ1) is 30.4. The van der Waals surface area contributed by atoms with Crippen LogP contribution in [0.15, 0.2) is 0 Å². The summed E-state index contributed by atoms with van der Waals surface area (Å²) in [6, 6.07) is 0. The van der Waals surface area contributed by atoms with E-state index in [1.165, 1.54) is 44.9 Å². The summed E-state index contributed by atoms with van der Waals surface area (Å²) in [5.74, 6) is -3.42. The molecule has 17 heteroatoms. The van der Waals surface area contributed by atoms with Gasteiger partial charge in [0.15, 0.2) is 11.6 Å². The molecular formula is C46H82N2O15. The molecule has 0 radical (unpaired) electrons. The van der Waals surface area contributed by atoms with Gasteiger partial charge in [0.25, 0.3) is 0 Å². The summed E-state index contributed by atoms with van der Waals surface area (Å²) in [6.07, 6.45) is 16.8. The Kier molecular flexibility index (Phi) is 41.5. The lowest BCUT2D eigenvalue weighted by Gasteiger charge is -2.12. The average molecular weight is 903 g/mol. The molecule has 0 rings (SSSR count). The maximum atomic E-state index is 12.4. The number of hydrogen-bond acceptors (Lipinski definition) is 13. The van der Waals surface area contributed by atoms with E-state index in [9.17, 15) is 38.7 Å². The Balaban J connectivity index is 3.62. The standard InChI is InChI=1S/C46H82N2O15/c1-38(2)42(51)36-62-32-30-60-27-24-48-44(53)37-63-33-28-58-25-17-19-41(50)35-61-31-29-59-26-23-47-43(52)22-21-39(46(56)57)34-40(49)18-15-13-11-9-7-5-3-4-6-8-10-12-14-16-20-45(54)55/h38-39H,3-37H2,1-2H3,(H,47,52)(H,48,53)(H,54,55)(H,56,57)/t39-/m1/s1. The van der Waals surface area contributed by atoms with Gasteiger partial charge in [-0.1, -0.05) is 90.9 Å². The van der Waals surface area contributed by atoms with E-state index in [-0.39, 0.29) is 120 Å². The third-order valence-electron chi connectivity index (χ3n) is 10.0. The number of ketones is 3. The van der Waals surface area contributed by atoms with Gasteiger partial charge in [0, 0.05) is 57.7 Å². The van der Waals surface area contributed by atoms with E-state index in [0.29, 0.717) is 52.2 Å². The maximum absolute atomic E-state index is 12.4. The van der Waals surface area contributed by atoms with Gasteiger partial charge < -0.3 is 49.3 Å². The van der Waals surface area contributed by atoms with Crippen molar-refractivity contribution in [3.8, 4) is 0 Å². The van der Waals surface area contributed by atoms with Crippen LogP contribution < -0.4 is 10.6 Å². The molecule has 1 atom stereocenters. The van der Waals surface area contributed by atoms with Crippen LogP contribution in [0.25, 0.3) is 0 Å². The maximum Gasteiger partial charge on any atom is 0.306 e. The van der Waals surface area contributed by atoms with Gasteiger partial charge >= 0.3 is 11.9 Å². The van der Waals surface area contributed by atoms with Crippen molar-refractivity contribution >= 4 is 41.1 Å². The number of carboxylic acid groups (broad SMARTS) is 2. The van der Waals surface area contributed by atoms with Gasteiger partial charge in [0.05, 0.1) is 58.8 Å². The van der Waals surface area contributed by atoms with Crippen molar-refractivity contribution in [1.29, 1.82) is 0 Å². The molecule has 0 aromatic rings. The first-order valence-electron chi connectivity index (χ1n) is 23.4. The zero-order valence-corrected chi connectivity index (χ0v) is 38.6. The lowest BCUT2D eigenvalue weighted by Crippen LogP contribution is -2.31. The fraction of sp³-hybridized carbons (Fsp3) is 0.848. The molecule has 63 heavy (non-hydrogen) atoms. The van der Waals surface area contributed by atoms with Gasteiger partial charge in [0.2, 0.25) is 11.8 Å². The van der Waals surface area contributed by atoms with Crippen LogP contribution in [0.2, 0.25) is 0 Å². The average Bonchev–Trinajstić information content (AvgIpc) is 3.24. The molecule has 0 fully saturated rings. The quantitative estimate of drug-likeness (QED) is 0.0539. The van der Waals surface area contributed by atoms with Crippen molar-refractivity contribution in [2.24, 2.45) is 11.8 Å². The Morgan fingerprint density at radius 2 is 0.857 bits per heavy atom. The molecule has 0 saturated heterocycles. The van der Waals surface area contributed by atoms with E-state index < -0.39 is 17.9 Å². The van der Waals surface area contributed by atoms with Crippen LogP contribution in [0.5, 0.6) is 0 Å². The van der Waals surface area contributed by atoms with Crippen LogP contribution >= 0.6 is 0 Å². The fourth-order valence-electron chi connectivity index (χ4n) is 6.17. The number of Topliss-reactive ketones (excluding diaryl/α,β-unsaturated/α-hetero) is 3. The molecule has 0 aromatic carbocycles. The molecule has 4 N–H and O–H groups in total. The highest BCUT2D eigenvalue weighted by Crippen LogP contribution is 2.17. The second-order valence-electron chi connectivity index (χ2n) is 16.1. The number of amides is 2. The van der Waals surface area contributed by atoms with Gasteiger partial charge in [0.1, 0.15) is 25.6 Å². The minimum Gasteiger partial charge on any atom is -0.481 e. The SMILES string of the molecule is CC(C)C(=O)COCCOCCNC(=O)COCCOCCCC(=O)COCCOCCNC(=O)CC[C@H](CC(=O)CCCCCCCCCCCCCCCCC(=O)O)C(=O)O. The number of carbonyl (C=O) groups is 7. The molecule has 2 amide bonds. The molecule has 0 saturated carbocycles. The summed E-state index contributed by atoms with van der Waals surface area (Å²) in [5.41, 5.74) is 0. The third kappa shape index (κ3) is 43.7. The Bertz CT molecular complexity index is 1220. The second-order valence-corrected chi connectivity index (χ2v) is 16.1. The third-order valence-corrected chi connectivity index (χ3v) is 10.0. The van der Waals surface area contributed by atoms with Gasteiger partial charge in [-0.15, -0.1) is 0 Å². The highest BCUT2D eigenvalue weighted by molar-refractivity contribution is 5.84. The Labute approximate surface area is 376 Å². The van der Waals surface area contributed by atoms with E-state index in [1.807, 2.05) is 13.8 Å². The summed E-state index contributed by atoms with van der Waals surface area (Å²) >= 11 is 0. The first-order valence-corrected chi connectivity index (χ1v) is 23.4. The lowest BCUT2D eigenvalue weighted by molar-refractivity contribution is -0.144. The summed E-state index contributed by atoms with van der Waals surface area (Å²) in [7, 11) is 0. The number of aliphatic carboxylic acids is 2. The van der Waals surface area contributed by atoms with Crippen molar-refractivity contribution < 1.29 is 72.2 Å². The molecule has 17 nitrogen and oxygen atoms in total. The summed E-state index contributed by atoms with van der Waals surface area (Å²) in [6.45, 7) is 6.63. The van der Waals surface area contributed by atoms with Crippen molar-refractivity contribution in [3.63, 3.8) is 0 Å². The highest BCUT2D eigenvalue weighted by atomic mass is 16.5. The van der Waals surface area contributed by atoms with Crippen LogP contribution in [-0.4, -0.2) is 144 Å². The predicted octanol–water partition coefficient (Wildman–Crippen LogP) is 5.66. The zero-order valence-electron chi connectivity index (χ0n) is 38.6. The number of hydrogen-bond donors (Lipinski definition) is 4. The summed E-state index contributed by atoms with van der Waals surface area (Å²) in [5, 5.41) is 23.6. The molecule has 0 heterocycles. The van der Waals surface area contributed by atoms with Crippen molar-refractivity contribution in [2.75, 3.05) is 92.4 Å². The monoisotopic (exact) mass is 903 g/mol. The largest absolute Gasteiger partial charge is 0.481 e. The van der Waals surface area contributed by atoms with E-state index in [4.69, 9.17) is 33.5 Å². The van der Waals surface area contributed by atoms with Crippen molar-refractivity contribution in [2.45, 2.75) is 149 Å². The van der Waals surface area contributed by atoms with Crippen LogP contribution in [0, 0.1) is 11.8 Å². The molecule has 0 bridgehead atoms. The van der Waals surface area contributed by atoms with E-state index >= 15 is 0 Å². The van der Waals surface area contributed by atoms with Crippen molar-refractivity contribution in [3.05, 3.63) is 0 Å². The first kappa shape index (κ1) is 59.6. The number of ether oxygens (including phenoxy) is 6. The molecule has 0 aliphatic rings. The molecule has 366 valence electrons. The number of carbonyl (C=O) groups excluding carboxylic acids is 5. The number of nitrogens with one attached hydrogen (secondary N) is 2. The Morgan fingerprint density at radius 1 is 0.429 bits per heavy atom. The van der Waals surface area contributed by atoms with E-state index in [1.54, 1.807) is 0 Å². The number of unbranched alkanes of at least 4 members (excludes halogenated alkanes) is 13. The molecule has 0 spiro atoms. The van der Waals surface area contributed by atoms with E-state index in [2.05, 4.69) is 10.6 Å². The lowest BCUT2D eigenvalue weighted by atomic mass is 9.94. The predicted molar refractivity (Wildman–Crippen MR) is 237 cm³/mol. The highest BCUT2D eigenvalue weighted by Gasteiger charge is 2.22. The van der Waals surface area contributed by atoms with Gasteiger partial charge in [-0.3, -0.25) is 33.6 Å². The van der Waals surface area contributed by atoms with Crippen LogP contribution in [0.1, 0.15) is 149 Å². The van der Waals surface area contributed by atoms with Gasteiger partial charge in [-0.2, -0.15) is 0 Å². The Hall–Kier alpha value is -3.35. The van der Waals surface area contributed by atoms with Gasteiger partial charge in [-0.05, 0) is 25.7 Å². The topological polar surface area (TPSA) is 239 Å². The summed E-state index contributed by atoms with van der Waals surface area (Å²) < 4.78 is 32.1. The van der Waals surface area contributed by atoms with E-state index in [0.717, 1.165) is 44.9 Å². The Morgan fingerprint density at radius 3 is 1.37 bits per heavy atom. The van der Waals surface area contributed by atoms with Crippen LogP contribution in [-0.2, 0) is 62.0 Å². The van der Waals surface area contributed by atoms with Crippen LogP contribution in [0.4, 0.5) is 0 Å². The fourth-order valence-corrected chi connectivity index (χ4v) is 6.17. The van der Waals surface area contributed by atoms with Gasteiger partial charge in [-0.25, -0.2) is 0 Å². The minimum absolute atomic E-state index is 0.00210. The zero-order chi connectivity index (χ0) is 46.6. The van der Waals surface area contributed by atoms with Crippen molar-refractivity contribution in [1.82, 2.24) is 10.6 Å². The summed E-state index contributed by atoms with van der Waals surface area (Å²) in [4.78, 5) is 82.2.